The van der Waals surface area contributed by atoms with E-state index in [9.17, 15) is 9.59 Å². The lowest BCUT2D eigenvalue weighted by Crippen LogP contribution is -2.44. The second-order valence-electron chi connectivity index (χ2n) is 7.67. The highest BCUT2D eigenvalue weighted by Crippen LogP contribution is 2.16. The lowest BCUT2D eigenvalue weighted by Gasteiger charge is -2.11. The minimum Gasteiger partial charge on any atom is -0.376 e. The molecule has 28 heavy (non-hydrogen) atoms. The van der Waals surface area contributed by atoms with Gasteiger partial charge in [-0.15, -0.1) is 0 Å². The van der Waals surface area contributed by atoms with Gasteiger partial charge >= 0.3 is 0 Å². The molecule has 2 amide bonds. The van der Waals surface area contributed by atoms with Gasteiger partial charge in [-0.05, 0) is 45.2 Å². The second-order valence-corrected chi connectivity index (χ2v) is 7.67. The smallest absolute Gasteiger partial charge is 0.257 e. The molecular weight excluding hydrogens is 354 g/mol. The van der Waals surface area contributed by atoms with Crippen LogP contribution in [0.2, 0.25) is 0 Å². The number of aromatic nitrogens is 2. The number of nitrogens with zero attached hydrogens (tertiary/aromatic N) is 2. The topological polar surface area (TPSA) is 88.1 Å². The quantitative estimate of drug-likeness (QED) is 0.639. The molecule has 0 aliphatic carbocycles. The molecule has 3 N–H and O–H groups in total. The van der Waals surface area contributed by atoms with E-state index in [4.69, 9.17) is 0 Å². The largest absolute Gasteiger partial charge is 0.376 e. The first-order chi connectivity index (χ1) is 13.2. The minimum atomic E-state index is -0.308. The molecule has 0 aliphatic rings. The van der Waals surface area contributed by atoms with Crippen LogP contribution in [0.5, 0.6) is 0 Å². The molecule has 152 valence electrons. The Morgan fingerprint density at radius 3 is 2.39 bits per heavy atom. The summed E-state index contributed by atoms with van der Waals surface area (Å²) >= 11 is 0. The van der Waals surface area contributed by atoms with Gasteiger partial charge in [-0.3, -0.25) is 25.1 Å². The van der Waals surface area contributed by atoms with E-state index in [0.717, 1.165) is 34.7 Å². The Bertz CT molecular complexity index is 855. The van der Waals surface area contributed by atoms with Crippen molar-refractivity contribution < 1.29 is 9.59 Å². The summed E-state index contributed by atoms with van der Waals surface area (Å²) in [7, 11) is 0. The predicted octanol–water partition coefficient (Wildman–Crippen LogP) is 2.57. The molecule has 0 radical (unpaired) electrons. The number of hydrogen-bond donors (Lipinski definition) is 3. The van der Waals surface area contributed by atoms with E-state index < -0.39 is 0 Å². The van der Waals surface area contributed by atoms with Crippen LogP contribution in [0.15, 0.2) is 18.2 Å². The van der Waals surface area contributed by atoms with Crippen molar-refractivity contribution in [3.05, 3.63) is 46.3 Å². The number of carbonyl (C=O) groups is 2. The van der Waals surface area contributed by atoms with Crippen molar-refractivity contribution in [3.63, 3.8) is 0 Å². The van der Waals surface area contributed by atoms with Crippen LogP contribution in [-0.2, 0) is 22.6 Å². The Hall–Kier alpha value is -2.83. The van der Waals surface area contributed by atoms with Crippen molar-refractivity contribution in [3.8, 4) is 0 Å². The maximum atomic E-state index is 12.2. The van der Waals surface area contributed by atoms with Crippen LogP contribution >= 0.6 is 0 Å². The van der Waals surface area contributed by atoms with Gasteiger partial charge in [0.1, 0.15) is 0 Å². The van der Waals surface area contributed by atoms with Crippen LogP contribution in [0, 0.1) is 33.6 Å². The fraction of sp³-hybridized carbons (Fsp3) is 0.476. The van der Waals surface area contributed by atoms with Crippen molar-refractivity contribution in [1.82, 2.24) is 20.6 Å². The highest BCUT2D eigenvalue weighted by atomic mass is 16.2. The first kappa shape index (κ1) is 21.5. The molecule has 1 aromatic carbocycles. The molecule has 0 aliphatic heterocycles. The number of anilines is 1. The normalized spacial score (nSPS) is 10.8. The molecule has 0 saturated carbocycles. The van der Waals surface area contributed by atoms with Gasteiger partial charge in [0.05, 0.1) is 18.7 Å². The van der Waals surface area contributed by atoms with Crippen LogP contribution in [0.1, 0.15) is 41.9 Å². The zero-order valence-corrected chi connectivity index (χ0v) is 17.6. The zero-order chi connectivity index (χ0) is 20.8. The number of nitrogens with one attached hydrogen (secondary N) is 3. The van der Waals surface area contributed by atoms with Crippen LogP contribution in [0.25, 0.3) is 0 Å². The van der Waals surface area contributed by atoms with Crippen molar-refractivity contribution in [2.75, 3.05) is 11.9 Å². The molecule has 7 nitrogen and oxygen atoms in total. The molecule has 1 aromatic heterocycles. The number of amides is 2. The van der Waals surface area contributed by atoms with Crippen molar-refractivity contribution in [2.24, 2.45) is 5.92 Å². The summed E-state index contributed by atoms with van der Waals surface area (Å²) in [5.74, 6) is -0.101. The number of carbonyl (C=O) groups excluding carboxylic acids is 2. The average Bonchev–Trinajstić information content (AvgIpc) is 2.86. The molecule has 1 heterocycles. The van der Waals surface area contributed by atoms with Gasteiger partial charge in [0, 0.05) is 23.5 Å². The van der Waals surface area contributed by atoms with Crippen LogP contribution in [0.4, 0.5) is 5.69 Å². The lowest BCUT2D eigenvalue weighted by atomic mass is 10.1. The van der Waals surface area contributed by atoms with Gasteiger partial charge in [0.25, 0.3) is 5.91 Å². The molecule has 2 rings (SSSR count). The zero-order valence-electron chi connectivity index (χ0n) is 17.6. The first-order valence-corrected chi connectivity index (χ1v) is 9.59. The molecule has 0 bridgehead atoms. The third-order valence-electron chi connectivity index (χ3n) is 4.57. The highest BCUT2D eigenvalue weighted by Gasteiger charge is 2.16. The maximum absolute atomic E-state index is 12.2. The van der Waals surface area contributed by atoms with Crippen LogP contribution < -0.4 is 16.2 Å². The van der Waals surface area contributed by atoms with Gasteiger partial charge in [0.15, 0.2) is 0 Å². The standard InChI is InChI=1S/C21H31N5O2/c1-13(2)12-26-17(6)18(16(5)25-26)10-20(27)23-24-21(28)11-22-19-8-7-14(3)9-15(19)4/h7-9,13,22H,10-12H2,1-6H3,(H,23,27)(H,24,28). The third kappa shape index (κ3) is 5.84. The van der Waals surface area contributed by atoms with E-state index in [1.807, 2.05) is 50.6 Å². The number of benzene rings is 1. The average molecular weight is 386 g/mol. The van der Waals surface area contributed by atoms with Crippen molar-refractivity contribution in [1.29, 1.82) is 0 Å². The van der Waals surface area contributed by atoms with Gasteiger partial charge in [-0.25, -0.2) is 0 Å². The van der Waals surface area contributed by atoms with E-state index in [0.29, 0.717) is 5.92 Å². The summed E-state index contributed by atoms with van der Waals surface area (Å²) in [6.45, 7) is 13.0. The highest BCUT2D eigenvalue weighted by molar-refractivity contribution is 5.85. The molecular formula is C21H31N5O2. The van der Waals surface area contributed by atoms with Crippen molar-refractivity contribution >= 4 is 17.5 Å². The summed E-state index contributed by atoms with van der Waals surface area (Å²) in [6.07, 6.45) is 0.181. The third-order valence-corrected chi connectivity index (χ3v) is 4.57. The second kappa shape index (κ2) is 9.39. The lowest BCUT2D eigenvalue weighted by molar-refractivity contribution is -0.127. The molecule has 0 unspecified atom stereocenters. The Morgan fingerprint density at radius 1 is 1.07 bits per heavy atom. The monoisotopic (exact) mass is 385 g/mol. The van der Waals surface area contributed by atoms with Gasteiger partial charge in [0.2, 0.25) is 5.91 Å². The molecule has 0 fully saturated rings. The van der Waals surface area contributed by atoms with E-state index in [2.05, 4.69) is 35.1 Å². The molecule has 2 aromatic rings. The molecule has 7 heteroatoms. The SMILES string of the molecule is Cc1ccc(NCC(=O)NNC(=O)Cc2c(C)nn(CC(C)C)c2C)c(C)c1. The summed E-state index contributed by atoms with van der Waals surface area (Å²) in [5.41, 5.74) is 10.8. The molecule has 0 spiro atoms. The number of rotatable bonds is 7. The van der Waals surface area contributed by atoms with E-state index in [1.165, 1.54) is 5.56 Å². The minimum absolute atomic E-state index is 0.0779. The number of hydrazine groups is 1. The Labute approximate surface area is 166 Å². The summed E-state index contributed by atoms with van der Waals surface area (Å²) in [5, 5.41) is 7.59. The molecule has 0 saturated heterocycles. The summed E-state index contributed by atoms with van der Waals surface area (Å²) in [6, 6.07) is 5.97. The first-order valence-electron chi connectivity index (χ1n) is 9.59. The van der Waals surface area contributed by atoms with Gasteiger partial charge in [-0.1, -0.05) is 31.5 Å². The molecule has 0 atom stereocenters. The predicted molar refractivity (Wildman–Crippen MR) is 111 cm³/mol. The number of aryl methyl sites for hydroxylation is 3. The van der Waals surface area contributed by atoms with Gasteiger partial charge in [-0.2, -0.15) is 5.10 Å². The van der Waals surface area contributed by atoms with E-state index >= 15 is 0 Å². The van der Waals surface area contributed by atoms with E-state index in [-0.39, 0.29) is 24.8 Å². The Kier molecular flexibility index (Phi) is 7.20. The van der Waals surface area contributed by atoms with Crippen LogP contribution in [-0.4, -0.2) is 28.1 Å². The summed E-state index contributed by atoms with van der Waals surface area (Å²) < 4.78 is 1.94. The summed E-state index contributed by atoms with van der Waals surface area (Å²) in [4.78, 5) is 24.2. The van der Waals surface area contributed by atoms with Gasteiger partial charge < -0.3 is 5.32 Å². The fourth-order valence-electron chi connectivity index (χ4n) is 3.09. The fourth-order valence-corrected chi connectivity index (χ4v) is 3.09. The Morgan fingerprint density at radius 2 is 1.75 bits per heavy atom. The maximum Gasteiger partial charge on any atom is 0.257 e. The number of hydrogen-bond acceptors (Lipinski definition) is 4. The van der Waals surface area contributed by atoms with Crippen LogP contribution in [0.3, 0.4) is 0 Å². The van der Waals surface area contributed by atoms with Crippen molar-refractivity contribution in [2.45, 2.75) is 54.5 Å². The Balaban J connectivity index is 1.83. The van der Waals surface area contributed by atoms with E-state index in [1.54, 1.807) is 0 Å².